The molecule has 1 amide bonds. The van der Waals surface area contributed by atoms with Crippen molar-refractivity contribution in [3.8, 4) is 0 Å². The molecular weight excluding hydrogens is 267 g/mol. The van der Waals surface area contributed by atoms with Gasteiger partial charge in [0, 0.05) is 12.1 Å². The molecule has 0 aliphatic rings. The van der Waals surface area contributed by atoms with E-state index in [-0.39, 0.29) is 11.4 Å². The minimum absolute atomic E-state index is 0.0985. The highest BCUT2D eigenvalue weighted by Gasteiger charge is 2.08. The van der Waals surface area contributed by atoms with E-state index in [4.69, 9.17) is 5.73 Å². The zero-order chi connectivity index (χ0) is 14.7. The lowest BCUT2D eigenvalue weighted by atomic mass is 10.2. The number of nitrogens with one attached hydrogen (secondary N) is 2. The Bertz CT molecular complexity index is 766. The molecule has 0 aliphatic heterocycles. The predicted octanol–water partition coefficient (Wildman–Crippen LogP) is -0.103. The van der Waals surface area contributed by atoms with Crippen LogP contribution >= 0.6 is 0 Å². The van der Waals surface area contributed by atoms with Gasteiger partial charge in [0.25, 0.3) is 11.1 Å². The number of aromatic nitrogens is 2. The smallest absolute Gasteiger partial charge is 0.265 e. The largest absolute Gasteiger partial charge is 0.397 e. The maximum Gasteiger partial charge on any atom is 0.265 e. The molecule has 8 heteroatoms. The number of nitrogens with two attached hydrogens (primary N) is 1. The van der Waals surface area contributed by atoms with Gasteiger partial charge in [0.05, 0.1) is 11.4 Å². The number of nitrogen functional groups attached to an aromatic ring is 1. The van der Waals surface area contributed by atoms with E-state index < -0.39 is 29.4 Å². The van der Waals surface area contributed by atoms with Crippen molar-refractivity contribution in [3.63, 3.8) is 0 Å². The Morgan fingerprint density at radius 2 is 2.05 bits per heavy atom. The number of amides is 1. The van der Waals surface area contributed by atoms with Crippen LogP contribution in [0, 0.1) is 5.82 Å². The molecule has 0 aliphatic carbocycles. The standard InChI is InChI=1S/C12H11FN4O3/c13-7-1-2-8(14)9(5-7)15-11(19)6-17-12(20)4-3-10(18)16-17/h1-5H,6,14H2,(H,15,19)(H,16,18). The molecule has 1 aromatic heterocycles. The number of benzene rings is 1. The number of anilines is 2. The number of hydrogen-bond donors (Lipinski definition) is 3. The van der Waals surface area contributed by atoms with Gasteiger partial charge in [-0.2, -0.15) is 0 Å². The van der Waals surface area contributed by atoms with Gasteiger partial charge in [-0.15, -0.1) is 0 Å². The van der Waals surface area contributed by atoms with Gasteiger partial charge in [-0.3, -0.25) is 19.5 Å². The van der Waals surface area contributed by atoms with E-state index in [1.165, 1.54) is 6.07 Å². The first-order valence-electron chi connectivity index (χ1n) is 5.61. The lowest BCUT2D eigenvalue weighted by Gasteiger charge is -2.09. The maximum absolute atomic E-state index is 13.0. The van der Waals surface area contributed by atoms with Crippen LogP contribution in [-0.2, 0) is 11.3 Å². The summed E-state index contributed by atoms with van der Waals surface area (Å²) in [6.07, 6.45) is 0. The van der Waals surface area contributed by atoms with E-state index in [2.05, 4.69) is 10.4 Å². The Balaban J connectivity index is 2.17. The molecule has 0 radical (unpaired) electrons. The molecule has 0 saturated carbocycles. The molecule has 0 fully saturated rings. The summed E-state index contributed by atoms with van der Waals surface area (Å²) in [5.74, 6) is -1.17. The van der Waals surface area contributed by atoms with Crippen molar-refractivity contribution in [2.75, 3.05) is 11.1 Å². The summed E-state index contributed by atoms with van der Waals surface area (Å²) in [6, 6.07) is 5.62. The molecule has 0 spiro atoms. The monoisotopic (exact) mass is 278 g/mol. The van der Waals surface area contributed by atoms with E-state index in [1.807, 2.05) is 0 Å². The number of H-pyrrole nitrogens is 1. The van der Waals surface area contributed by atoms with Crippen LogP contribution in [0.2, 0.25) is 0 Å². The average Bonchev–Trinajstić information content (AvgIpc) is 2.38. The van der Waals surface area contributed by atoms with E-state index in [0.717, 1.165) is 28.9 Å². The summed E-state index contributed by atoms with van der Waals surface area (Å²) in [4.78, 5) is 34.2. The Morgan fingerprint density at radius 1 is 1.30 bits per heavy atom. The Hall–Kier alpha value is -2.90. The van der Waals surface area contributed by atoms with E-state index >= 15 is 0 Å². The van der Waals surface area contributed by atoms with Crippen LogP contribution < -0.4 is 22.2 Å². The van der Waals surface area contributed by atoms with Gasteiger partial charge in [0.1, 0.15) is 12.4 Å². The molecule has 104 valence electrons. The summed E-state index contributed by atoms with van der Waals surface area (Å²) < 4.78 is 13.9. The molecule has 20 heavy (non-hydrogen) atoms. The van der Waals surface area contributed by atoms with Crippen LogP contribution in [0.15, 0.2) is 39.9 Å². The zero-order valence-corrected chi connectivity index (χ0v) is 10.2. The van der Waals surface area contributed by atoms with Crippen LogP contribution in [0.3, 0.4) is 0 Å². The Labute approximate surface area is 111 Å². The number of rotatable bonds is 3. The highest BCUT2D eigenvalue weighted by atomic mass is 19.1. The highest BCUT2D eigenvalue weighted by Crippen LogP contribution is 2.18. The zero-order valence-electron chi connectivity index (χ0n) is 10.2. The fourth-order valence-electron chi connectivity index (χ4n) is 1.55. The normalized spacial score (nSPS) is 10.2. The van der Waals surface area contributed by atoms with Gasteiger partial charge in [-0.25, -0.2) is 9.07 Å². The van der Waals surface area contributed by atoms with Crippen molar-refractivity contribution in [3.05, 3.63) is 56.9 Å². The number of hydrogen-bond acceptors (Lipinski definition) is 4. The van der Waals surface area contributed by atoms with Crippen molar-refractivity contribution < 1.29 is 9.18 Å². The van der Waals surface area contributed by atoms with Gasteiger partial charge >= 0.3 is 0 Å². The molecule has 0 unspecified atom stereocenters. The van der Waals surface area contributed by atoms with Crippen LogP contribution in [-0.4, -0.2) is 15.7 Å². The molecule has 1 aromatic carbocycles. The first kappa shape index (κ1) is 13.5. The van der Waals surface area contributed by atoms with Crippen LogP contribution in [0.1, 0.15) is 0 Å². The number of halogens is 1. The molecule has 1 heterocycles. The van der Waals surface area contributed by atoms with E-state index in [1.54, 1.807) is 0 Å². The summed E-state index contributed by atoms with van der Waals surface area (Å²) in [5, 5.41) is 4.56. The minimum atomic E-state index is -0.619. The fraction of sp³-hybridized carbons (Fsp3) is 0.0833. The van der Waals surface area contributed by atoms with Crippen molar-refractivity contribution in [1.82, 2.24) is 9.78 Å². The third-order valence-corrected chi connectivity index (χ3v) is 2.48. The van der Waals surface area contributed by atoms with Gasteiger partial charge in [0.2, 0.25) is 5.91 Å². The summed E-state index contributed by atoms with van der Waals surface area (Å²) >= 11 is 0. The fourth-order valence-corrected chi connectivity index (χ4v) is 1.55. The third kappa shape index (κ3) is 3.10. The predicted molar refractivity (Wildman–Crippen MR) is 70.8 cm³/mol. The van der Waals surface area contributed by atoms with Gasteiger partial charge in [-0.05, 0) is 18.2 Å². The van der Waals surface area contributed by atoms with Crippen molar-refractivity contribution in [1.29, 1.82) is 0 Å². The summed E-state index contributed by atoms with van der Waals surface area (Å²) in [6.45, 7) is -0.412. The molecule has 2 rings (SSSR count). The molecule has 0 bridgehead atoms. The Morgan fingerprint density at radius 3 is 2.80 bits per heavy atom. The van der Waals surface area contributed by atoms with Gasteiger partial charge < -0.3 is 11.1 Å². The SMILES string of the molecule is Nc1ccc(F)cc1NC(=O)Cn1[nH]c(=O)ccc1=O. The van der Waals surface area contributed by atoms with E-state index in [9.17, 15) is 18.8 Å². The second-order valence-electron chi connectivity index (χ2n) is 4.01. The molecule has 2 aromatic rings. The van der Waals surface area contributed by atoms with E-state index in [0.29, 0.717) is 0 Å². The van der Waals surface area contributed by atoms with Crippen molar-refractivity contribution >= 4 is 17.3 Å². The molecule has 0 atom stereocenters. The lowest BCUT2D eigenvalue weighted by molar-refractivity contribution is -0.117. The number of aromatic amines is 1. The van der Waals surface area contributed by atoms with Crippen LogP contribution in [0.5, 0.6) is 0 Å². The van der Waals surface area contributed by atoms with Crippen molar-refractivity contribution in [2.45, 2.75) is 6.54 Å². The van der Waals surface area contributed by atoms with Crippen molar-refractivity contribution in [2.24, 2.45) is 0 Å². The number of carbonyl (C=O) groups excluding carboxylic acids is 1. The minimum Gasteiger partial charge on any atom is -0.397 e. The molecule has 4 N–H and O–H groups in total. The number of carbonyl (C=O) groups is 1. The topological polar surface area (TPSA) is 110 Å². The second kappa shape index (κ2) is 5.39. The second-order valence-corrected chi connectivity index (χ2v) is 4.01. The lowest BCUT2D eigenvalue weighted by Crippen LogP contribution is -2.32. The quantitative estimate of drug-likeness (QED) is 0.681. The maximum atomic E-state index is 13.0. The Kier molecular flexibility index (Phi) is 3.65. The van der Waals surface area contributed by atoms with Crippen LogP contribution in [0.25, 0.3) is 0 Å². The van der Waals surface area contributed by atoms with Gasteiger partial charge in [-0.1, -0.05) is 0 Å². The molecule has 0 saturated heterocycles. The third-order valence-electron chi connectivity index (χ3n) is 2.48. The summed E-state index contributed by atoms with van der Waals surface area (Å²) in [5.41, 5.74) is 4.82. The molecule has 7 nitrogen and oxygen atoms in total. The first-order chi connectivity index (χ1) is 9.45. The van der Waals surface area contributed by atoms with Gasteiger partial charge in [0.15, 0.2) is 0 Å². The summed E-state index contributed by atoms with van der Waals surface area (Å²) in [7, 11) is 0. The molecular formula is C12H11FN4O3. The number of nitrogens with zero attached hydrogens (tertiary/aromatic N) is 1. The highest BCUT2D eigenvalue weighted by molar-refractivity contribution is 5.93. The first-order valence-corrected chi connectivity index (χ1v) is 5.61. The average molecular weight is 278 g/mol. The van der Waals surface area contributed by atoms with Crippen LogP contribution in [0.4, 0.5) is 15.8 Å².